The SMILES string of the molecule is CCc1ccc2[nH]cc(OS(C)(=O)=O)c(=O)c2c1. The fraction of sp³-hybridized carbons (Fsp3) is 0.250. The quantitative estimate of drug-likeness (QED) is 0.853. The van der Waals surface area contributed by atoms with Gasteiger partial charge in [0.1, 0.15) is 0 Å². The van der Waals surface area contributed by atoms with Gasteiger partial charge in [-0.1, -0.05) is 13.0 Å². The average molecular weight is 267 g/mol. The molecule has 0 amide bonds. The van der Waals surface area contributed by atoms with Crippen LogP contribution < -0.4 is 9.61 Å². The molecule has 0 radical (unpaired) electrons. The first-order chi connectivity index (χ1) is 8.40. The molecule has 0 spiro atoms. The van der Waals surface area contributed by atoms with Gasteiger partial charge in [-0.2, -0.15) is 8.42 Å². The summed E-state index contributed by atoms with van der Waals surface area (Å²) in [7, 11) is -3.70. The fourth-order valence-electron chi connectivity index (χ4n) is 1.69. The van der Waals surface area contributed by atoms with Crippen LogP contribution in [0.5, 0.6) is 5.75 Å². The van der Waals surface area contributed by atoms with E-state index >= 15 is 0 Å². The molecule has 1 heterocycles. The van der Waals surface area contributed by atoms with Gasteiger partial charge < -0.3 is 9.17 Å². The molecule has 0 aliphatic heterocycles. The van der Waals surface area contributed by atoms with Gasteiger partial charge in [0.05, 0.1) is 6.26 Å². The minimum absolute atomic E-state index is 0.210. The monoisotopic (exact) mass is 267 g/mol. The number of hydrogen-bond acceptors (Lipinski definition) is 4. The van der Waals surface area contributed by atoms with Crippen LogP contribution in [0.3, 0.4) is 0 Å². The Bertz CT molecular complexity index is 746. The highest BCUT2D eigenvalue weighted by Gasteiger charge is 2.11. The molecule has 1 aromatic carbocycles. The third-order valence-electron chi connectivity index (χ3n) is 2.56. The molecule has 2 rings (SSSR count). The third kappa shape index (κ3) is 2.53. The zero-order chi connectivity index (χ0) is 13.3. The van der Waals surface area contributed by atoms with Gasteiger partial charge in [-0.15, -0.1) is 0 Å². The zero-order valence-corrected chi connectivity index (χ0v) is 10.9. The van der Waals surface area contributed by atoms with Crippen molar-refractivity contribution >= 4 is 21.0 Å². The summed E-state index contributed by atoms with van der Waals surface area (Å²) in [6.07, 6.45) is 2.96. The summed E-state index contributed by atoms with van der Waals surface area (Å²) in [5.41, 5.74) is 1.23. The van der Waals surface area contributed by atoms with E-state index in [9.17, 15) is 13.2 Å². The molecule has 96 valence electrons. The minimum Gasteiger partial charge on any atom is -0.377 e. The number of pyridine rings is 1. The summed E-state index contributed by atoms with van der Waals surface area (Å²) in [4.78, 5) is 14.9. The first kappa shape index (κ1) is 12.6. The lowest BCUT2D eigenvalue weighted by molar-refractivity contribution is 0.490. The molecular formula is C12H13NO4S. The fourth-order valence-corrected chi connectivity index (χ4v) is 2.14. The highest BCUT2D eigenvalue weighted by molar-refractivity contribution is 7.86. The van der Waals surface area contributed by atoms with Crippen molar-refractivity contribution in [3.63, 3.8) is 0 Å². The number of H-pyrrole nitrogens is 1. The molecule has 0 aliphatic carbocycles. The van der Waals surface area contributed by atoms with Crippen LogP contribution in [0.2, 0.25) is 0 Å². The number of aryl methyl sites for hydroxylation is 1. The van der Waals surface area contributed by atoms with E-state index in [-0.39, 0.29) is 5.75 Å². The summed E-state index contributed by atoms with van der Waals surface area (Å²) in [6.45, 7) is 1.98. The van der Waals surface area contributed by atoms with Crippen LogP contribution in [0.25, 0.3) is 10.9 Å². The zero-order valence-electron chi connectivity index (χ0n) is 10.1. The standard InChI is InChI=1S/C12H13NO4S/c1-3-8-4-5-10-9(6-8)12(14)11(7-13-10)17-18(2,15)16/h4-7H,3H2,1-2H3,(H,13,14). The Labute approximate surface area is 105 Å². The van der Waals surface area contributed by atoms with Gasteiger partial charge in [0.2, 0.25) is 11.2 Å². The number of aromatic amines is 1. The maximum Gasteiger partial charge on any atom is 0.306 e. The second-order valence-corrected chi connectivity index (χ2v) is 5.58. The van der Waals surface area contributed by atoms with Crippen molar-refractivity contribution in [3.8, 4) is 5.75 Å². The maximum absolute atomic E-state index is 12.1. The number of aromatic nitrogens is 1. The van der Waals surface area contributed by atoms with Gasteiger partial charge in [0.15, 0.2) is 0 Å². The molecule has 0 atom stereocenters. The van der Waals surface area contributed by atoms with E-state index in [1.807, 2.05) is 13.0 Å². The van der Waals surface area contributed by atoms with E-state index in [1.165, 1.54) is 6.20 Å². The number of nitrogens with one attached hydrogen (secondary N) is 1. The highest BCUT2D eigenvalue weighted by atomic mass is 32.2. The number of rotatable bonds is 3. The van der Waals surface area contributed by atoms with Gasteiger partial charge >= 0.3 is 10.1 Å². The first-order valence-corrected chi connectivity index (χ1v) is 7.26. The van der Waals surface area contributed by atoms with Crippen LogP contribution in [0, 0.1) is 0 Å². The molecule has 0 bridgehead atoms. The van der Waals surface area contributed by atoms with Crippen molar-refractivity contribution in [1.29, 1.82) is 0 Å². The molecule has 6 heteroatoms. The Morgan fingerprint density at radius 3 is 2.67 bits per heavy atom. The molecule has 0 saturated carbocycles. The highest BCUT2D eigenvalue weighted by Crippen LogP contribution is 2.15. The van der Waals surface area contributed by atoms with Gasteiger partial charge in [-0.3, -0.25) is 4.79 Å². The van der Waals surface area contributed by atoms with Crippen molar-refractivity contribution < 1.29 is 12.6 Å². The van der Waals surface area contributed by atoms with E-state index < -0.39 is 15.5 Å². The summed E-state index contributed by atoms with van der Waals surface area (Å²) in [5.74, 6) is -0.210. The summed E-state index contributed by atoms with van der Waals surface area (Å²) < 4.78 is 26.7. The van der Waals surface area contributed by atoms with Crippen molar-refractivity contribution in [1.82, 2.24) is 4.98 Å². The lowest BCUT2D eigenvalue weighted by Crippen LogP contribution is -2.14. The Morgan fingerprint density at radius 1 is 1.33 bits per heavy atom. The summed E-state index contributed by atoms with van der Waals surface area (Å²) in [5, 5.41) is 0.426. The molecule has 0 unspecified atom stereocenters. The number of benzene rings is 1. The number of hydrogen-bond donors (Lipinski definition) is 1. The predicted octanol–water partition coefficient (Wildman–Crippen LogP) is 1.43. The van der Waals surface area contributed by atoms with E-state index in [4.69, 9.17) is 0 Å². The van der Waals surface area contributed by atoms with Crippen molar-refractivity contribution in [2.45, 2.75) is 13.3 Å². The molecule has 5 nitrogen and oxygen atoms in total. The molecule has 2 aromatic rings. The van der Waals surface area contributed by atoms with Gasteiger partial charge in [-0.25, -0.2) is 0 Å². The van der Waals surface area contributed by atoms with E-state index in [0.717, 1.165) is 18.2 Å². The summed E-state index contributed by atoms with van der Waals surface area (Å²) in [6, 6.07) is 5.44. The topological polar surface area (TPSA) is 76.2 Å². The van der Waals surface area contributed by atoms with Gasteiger partial charge in [-0.05, 0) is 24.1 Å². The Balaban J connectivity index is 2.66. The smallest absolute Gasteiger partial charge is 0.306 e. The first-order valence-electron chi connectivity index (χ1n) is 5.44. The van der Waals surface area contributed by atoms with Crippen molar-refractivity contribution in [3.05, 3.63) is 40.2 Å². The molecule has 18 heavy (non-hydrogen) atoms. The van der Waals surface area contributed by atoms with E-state index in [0.29, 0.717) is 10.9 Å². The van der Waals surface area contributed by atoms with Crippen LogP contribution >= 0.6 is 0 Å². The third-order valence-corrected chi connectivity index (χ3v) is 3.04. The Morgan fingerprint density at radius 2 is 2.06 bits per heavy atom. The van der Waals surface area contributed by atoms with Crippen LogP contribution in [0.4, 0.5) is 0 Å². The number of fused-ring (bicyclic) bond motifs is 1. The van der Waals surface area contributed by atoms with Crippen molar-refractivity contribution in [2.75, 3.05) is 6.26 Å². The molecular weight excluding hydrogens is 254 g/mol. The van der Waals surface area contributed by atoms with Crippen LogP contribution in [0.1, 0.15) is 12.5 Å². The second-order valence-electron chi connectivity index (χ2n) is 4.00. The van der Waals surface area contributed by atoms with Crippen LogP contribution in [0.15, 0.2) is 29.2 Å². The van der Waals surface area contributed by atoms with E-state index in [1.54, 1.807) is 12.1 Å². The minimum atomic E-state index is -3.70. The molecule has 0 fully saturated rings. The Hall–Kier alpha value is -1.82. The lowest BCUT2D eigenvalue weighted by Gasteiger charge is -2.05. The Kier molecular flexibility index (Phi) is 3.13. The van der Waals surface area contributed by atoms with E-state index in [2.05, 4.69) is 9.17 Å². The van der Waals surface area contributed by atoms with Gasteiger partial charge in [0, 0.05) is 17.1 Å². The summed E-state index contributed by atoms with van der Waals surface area (Å²) >= 11 is 0. The molecule has 1 N–H and O–H groups in total. The maximum atomic E-state index is 12.1. The second kappa shape index (κ2) is 4.45. The molecule has 1 aromatic heterocycles. The predicted molar refractivity (Wildman–Crippen MR) is 69.4 cm³/mol. The van der Waals surface area contributed by atoms with Crippen LogP contribution in [-0.2, 0) is 16.5 Å². The van der Waals surface area contributed by atoms with Gasteiger partial charge in [0.25, 0.3) is 0 Å². The lowest BCUT2D eigenvalue weighted by atomic mass is 10.1. The largest absolute Gasteiger partial charge is 0.377 e. The van der Waals surface area contributed by atoms with Crippen molar-refractivity contribution in [2.24, 2.45) is 0 Å². The molecule has 0 saturated heterocycles. The van der Waals surface area contributed by atoms with Crippen LogP contribution in [-0.4, -0.2) is 19.7 Å². The average Bonchev–Trinajstić information content (AvgIpc) is 2.31. The molecule has 0 aliphatic rings. The normalized spacial score (nSPS) is 11.7.